The van der Waals surface area contributed by atoms with Gasteiger partial charge >= 0.3 is 0 Å². The Morgan fingerprint density at radius 2 is 1.92 bits per heavy atom. The van der Waals surface area contributed by atoms with Crippen LogP contribution in [0.4, 0.5) is 8.78 Å². The lowest BCUT2D eigenvalue weighted by Gasteiger charge is -2.31. The third-order valence-corrected chi connectivity index (χ3v) is 5.36. The van der Waals surface area contributed by atoms with Crippen molar-refractivity contribution in [3.05, 3.63) is 59.7 Å². The quantitative estimate of drug-likeness (QED) is 0.688. The Hall–Kier alpha value is -2.54. The van der Waals surface area contributed by atoms with Crippen LogP contribution in [0.5, 0.6) is 5.19 Å². The first kappa shape index (κ1) is 16.9. The monoisotopic (exact) mass is 374 g/mol. The summed E-state index contributed by atoms with van der Waals surface area (Å²) in [5.41, 5.74) is 0.809. The minimum absolute atomic E-state index is 0.0299. The Balaban J connectivity index is 1.38. The van der Waals surface area contributed by atoms with Gasteiger partial charge in [-0.1, -0.05) is 23.5 Å². The Labute approximate surface area is 153 Å². The lowest BCUT2D eigenvalue weighted by Crippen LogP contribution is -2.42. The van der Waals surface area contributed by atoms with E-state index >= 15 is 0 Å². The van der Waals surface area contributed by atoms with E-state index in [0.29, 0.717) is 31.1 Å². The number of halogens is 2. The summed E-state index contributed by atoms with van der Waals surface area (Å²) in [5, 5.41) is 0.626. The van der Waals surface area contributed by atoms with Gasteiger partial charge in [-0.15, -0.1) is 0 Å². The Bertz CT molecular complexity index is 919. The number of hydrogen-bond donors (Lipinski definition) is 0. The molecule has 0 spiro atoms. The highest BCUT2D eigenvalue weighted by molar-refractivity contribution is 7.20. The second-order valence-corrected chi connectivity index (χ2v) is 7.17. The van der Waals surface area contributed by atoms with Crippen LogP contribution in [0.15, 0.2) is 42.5 Å². The fourth-order valence-corrected chi connectivity index (χ4v) is 3.94. The van der Waals surface area contributed by atoms with Gasteiger partial charge in [-0.25, -0.2) is 13.8 Å². The van der Waals surface area contributed by atoms with Gasteiger partial charge in [0, 0.05) is 32.0 Å². The van der Waals surface area contributed by atoms with E-state index in [-0.39, 0.29) is 11.7 Å². The molecule has 0 bridgehead atoms. The molecule has 7 heteroatoms. The minimum Gasteiger partial charge on any atom is -0.467 e. The molecule has 4 nitrogen and oxygen atoms in total. The number of hydrogen-bond acceptors (Lipinski definition) is 4. The summed E-state index contributed by atoms with van der Waals surface area (Å²) in [6.45, 7) is 0.927. The van der Waals surface area contributed by atoms with Crippen molar-refractivity contribution in [1.82, 2.24) is 9.88 Å². The standard InChI is InChI=1S/C19H16F2N2O2S/c20-12-5-6-14(15(21)11-12)18(24)23-9-7-13(8-10-23)25-19-22-16-3-1-2-4-17(16)26-19/h1-6,11,13H,7-10H2. The van der Waals surface area contributed by atoms with Crippen LogP contribution in [0.2, 0.25) is 0 Å². The van der Waals surface area contributed by atoms with E-state index in [4.69, 9.17) is 4.74 Å². The third-order valence-electron chi connectivity index (χ3n) is 4.43. The van der Waals surface area contributed by atoms with E-state index in [0.717, 1.165) is 22.3 Å². The molecular weight excluding hydrogens is 358 g/mol. The molecule has 0 radical (unpaired) electrons. The third kappa shape index (κ3) is 3.39. The molecule has 134 valence electrons. The zero-order chi connectivity index (χ0) is 18.1. The van der Waals surface area contributed by atoms with Gasteiger partial charge in [0.1, 0.15) is 17.7 Å². The fraction of sp³-hybridized carbons (Fsp3) is 0.263. The largest absolute Gasteiger partial charge is 0.467 e. The predicted octanol–water partition coefficient (Wildman–Crippen LogP) is 4.26. The highest BCUT2D eigenvalue weighted by Crippen LogP contribution is 2.29. The van der Waals surface area contributed by atoms with Gasteiger partial charge in [-0.3, -0.25) is 4.79 Å². The lowest BCUT2D eigenvalue weighted by molar-refractivity contribution is 0.0591. The average molecular weight is 374 g/mol. The molecule has 3 aromatic rings. The molecule has 1 aliphatic heterocycles. The van der Waals surface area contributed by atoms with Crippen molar-refractivity contribution in [1.29, 1.82) is 0 Å². The Morgan fingerprint density at radius 1 is 1.15 bits per heavy atom. The Morgan fingerprint density at radius 3 is 2.65 bits per heavy atom. The zero-order valence-electron chi connectivity index (χ0n) is 13.8. The molecule has 1 aromatic heterocycles. The number of fused-ring (bicyclic) bond motifs is 1. The van der Waals surface area contributed by atoms with Crippen LogP contribution < -0.4 is 4.74 Å². The maximum absolute atomic E-state index is 13.8. The molecule has 26 heavy (non-hydrogen) atoms. The number of nitrogens with zero attached hydrogens (tertiary/aromatic N) is 2. The van der Waals surface area contributed by atoms with E-state index in [9.17, 15) is 13.6 Å². The summed E-state index contributed by atoms with van der Waals surface area (Å²) >= 11 is 1.50. The van der Waals surface area contributed by atoms with Gasteiger partial charge in [0.2, 0.25) is 0 Å². The van der Waals surface area contributed by atoms with Crippen molar-refractivity contribution in [3.8, 4) is 5.19 Å². The molecule has 0 N–H and O–H groups in total. The number of benzene rings is 2. The topological polar surface area (TPSA) is 42.4 Å². The van der Waals surface area contributed by atoms with Crippen LogP contribution in [0.25, 0.3) is 10.2 Å². The van der Waals surface area contributed by atoms with Crippen LogP contribution in [0, 0.1) is 11.6 Å². The fourth-order valence-electron chi connectivity index (χ4n) is 3.05. The second-order valence-electron chi connectivity index (χ2n) is 6.18. The average Bonchev–Trinajstić information content (AvgIpc) is 3.04. The van der Waals surface area contributed by atoms with Crippen molar-refractivity contribution in [2.45, 2.75) is 18.9 Å². The summed E-state index contributed by atoms with van der Waals surface area (Å²) in [6, 6.07) is 10.9. The predicted molar refractivity (Wildman–Crippen MR) is 95.5 cm³/mol. The van der Waals surface area contributed by atoms with Crippen LogP contribution in [-0.2, 0) is 0 Å². The first-order valence-corrected chi connectivity index (χ1v) is 9.18. The molecule has 4 rings (SSSR count). The smallest absolute Gasteiger partial charge is 0.274 e. The van der Waals surface area contributed by atoms with Crippen molar-refractivity contribution >= 4 is 27.5 Å². The molecule has 2 aromatic carbocycles. The van der Waals surface area contributed by atoms with Crippen LogP contribution in [0.1, 0.15) is 23.2 Å². The van der Waals surface area contributed by atoms with Gasteiger partial charge in [0.15, 0.2) is 0 Å². The summed E-state index contributed by atoms with van der Waals surface area (Å²) in [6.07, 6.45) is 1.26. The van der Waals surface area contributed by atoms with Crippen LogP contribution in [0.3, 0.4) is 0 Å². The van der Waals surface area contributed by atoms with Gasteiger partial charge in [-0.05, 0) is 24.3 Å². The molecule has 1 aliphatic rings. The van der Waals surface area contributed by atoms with Gasteiger partial charge in [0.25, 0.3) is 11.1 Å². The van der Waals surface area contributed by atoms with E-state index < -0.39 is 17.5 Å². The molecule has 0 saturated carbocycles. The first-order valence-electron chi connectivity index (χ1n) is 8.37. The number of ether oxygens (including phenoxy) is 1. The van der Waals surface area contributed by atoms with Crippen molar-refractivity contribution in [2.24, 2.45) is 0 Å². The molecule has 1 amide bonds. The van der Waals surface area contributed by atoms with Crippen molar-refractivity contribution < 1.29 is 18.3 Å². The number of para-hydroxylation sites is 1. The van der Waals surface area contributed by atoms with Gasteiger partial charge < -0.3 is 9.64 Å². The second kappa shape index (κ2) is 6.99. The van der Waals surface area contributed by atoms with Crippen LogP contribution in [-0.4, -0.2) is 35.0 Å². The van der Waals surface area contributed by atoms with E-state index in [2.05, 4.69) is 4.98 Å². The number of carbonyl (C=O) groups is 1. The normalized spacial score (nSPS) is 15.4. The molecule has 1 fully saturated rings. The maximum Gasteiger partial charge on any atom is 0.274 e. The van der Waals surface area contributed by atoms with E-state index in [1.54, 1.807) is 4.90 Å². The lowest BCUT2D eigenvalue weighted by atomic mass is 10.1. The van der Waals surface area contributed by atoms with Crippen molar-refractivity contribution in [2.75, 3.05) is 13.1 Å². The number of amides is 1. The number of aromatic nitrogens is 1. The minimum atomic E-state index is -0.831. The molecule has 1 saturated heterocycles. The molecular formula is C19H16F2N2O2S. The number of carbonyl (C=O) groups excluding carboxylic acids is 1. The molecule has 0 atom stereocenters. The van der Waals surface area contributed by atoms with E-state index in [1.165, 1.54) is 17.4 Å². The summed E-state index contributed by atoms with van der Waals surface area (Å²) in [5.74, 6) is -1.94. The molecule has 0 aliphatic carbocycles. The highest BCUT2D eigenvalue weighted by Gasteiger charge is 2.27. The zero-order valence-corrected chi connectivity index (χ0v) is 14.6. The first-order chi connectivity index (χ1) is 12.6. The summed E-state index contributed by atoms with van der Waals surface area (Å²) in [4.78, 5) is 18.5. The van der Waals surface area contributed by atoms with E-state index in [1.807, 2.05) is 24.3 Å². The highest BCUT2D eigenvalue weighted by atomic mass is 32.1. The number of rotatable bonds is 3. The number of likely N-dealkylation sites (tertiary alicyclic amines) is 1. The summed E-state index contributed by atoms with van der Waals surface area (Å²) in [7, 11) is 0. The van der Waals surface area contributed by atoms with Gasteiger partial charge in [-0.2, -0.15) is 0 Å². The SMILES string of the molecule is O=C(c1ccc(F)cc1F)N1CCC(Oc2nc3ccccc3s2)CC1. The van der Waals surface area contributed by atoms with Gasteiger partial charge in [0.05, 0.1) is 15.8 Å². The maximum atomic E-state index is 13.8. The number of piperidine rings is 1. The number of thiazole rings is 1. The van der Waals surface area contributed by atoms with Crippen molar-refractivity contribution in [3.63, 3.8) is 0 Å². The summed E-state index contributed by atoms with van der Waals surface area (Å²) < 4.78 is 33.8. The Kier molecular flexibility index (Phi) is 4.55. The van der Waals surface area contributed by atoms with Crippen LogP contribution >= 0.6 is 11.3 Å². The molecule has 2 heterocycles. The molecule has 0 unspecified atom stereocenters.